The highest BCUT2D eigenvalue weighted by Crippen LogP contribution is 2.31. The highest BCUT2D eigenvalue weighted by molar-refractivity contribution is 5.72. The third kappa shape index (κ3) is 2.36. The standard InChI is InChI=1S/C14H10N5O2/c1-10-3-2-4-12(14(10)19(20)21)13-6-5-11(9-15-13)18-16-7-8-17-18/h2,4-9H,1H3. The molecule has 103 valence electrons. The highest BCUT2D eigenvalue weighted by atomic mass is 16.6. The number of pyridine rings is 1. The third-order valence-electron chi connectivity index (χ3n) is 3.02. The molecule has 0 N–H and O–H groups in total. The molecule has 0 aliphatic carbocycles. The Morgan fingerprint density at radius 2 is 2.00 bits per heavy atom. The van der Waals surface area contributed by atoms with Crippen molar-refractivity contribution in [1.82, 2.24) is 20.0 Å². The predicted molar refractivity (Wildman–Crippen MR) is 74.8 cm³/mol. The van der Waals surface area contributed by atoms with Crippen LogP contribution in [0.25, 0.3) is 16.9 Å². The summed E-state index contributed by atoms with van der Waals surface area (Å²) in [5, 5.41) is 19.2. The molecule has 0 amide bonds. The number of nitro benzene ring substituents is 1. The predicted octanol–water partition coefficient (Wildman–Crippen LogP) is 2.35. The van der Waals surface area contributed by atoms with E-state index in [1.807, 2.05) is 0 Å². The first-order valence-electron chi connectivity index (χ1n) is 6.15. The Labute approximate surface area is 120 Å². The number of aryl methyl sites for hydroxylation is 1. The fourth-order valence-electron chi connectivity index (χ4n) is 2.05. The van der Waals surface area contributed by atoms with Crippen molar-refractivity contribution in [3.05, 3.63) is 64.6 Å². The lowest BCUT2D eigenvalue weighted by Gasteiger charge is -2.05. The average molecular weight is 280 g/mol. The van der Waals surface area contributed by atoms with Crippen molar-refractivity contribution >= 4 is 5.69 Å². The maximum atomic E-state index is 11.2. The van der Waals surface area contributed by atoms with E-state index in [0.717, 1.165) is 0 Å². The van der Waals surface area contributed by atoms with E-state index in [4.69, 9.17) is 0 Å². The molecule has 0 aliphatic heterocycles. The van der Waals surface area contributed by atoms with Crippen molar-refractivity contribution in [3.8, 4) is 16.9 Å². The normalized spacial score (nSPS) is 10.5. The molecule has 7 heteroatoms. The van der Waals surface area contributed by atoms with Crippen LogP contribution in [0.3, 0.4) is 0 Å². The van der Waals surface area contributed by atoms with Crippen molar-refractivity contribution in [2.24, 2.45) is 0 Å². The summed E-state index contributed by atoms with van der Waals surface area (Å²) in [6.07, 6.45) is 4.70. The smallest absolute Gasteiger partial charge is 0.258 e. The lowest BCUT2D eigenvalue weighted by atomic mass is 10.0. The van der Waals surface area contributed by atoms with E-state index in [1.54, 1.807) is 49.8 Å². The Morgan fingerprint density at radius 3 is 2.62 bits per heavy atom. The van der Waals surface area contributed by atoms with Crippen LogP contribution in [-0.2, 0) is 0 Å². The zero-order valence-electron chi connectivity index (χ0n) is 11.1. The van der Waals surface area contributed by atoms with Crippen LogP contribution in [0.4, 0.5) is 5.69 Å². The zero-order chi connectivity index (χ0) is 14.8. The van der Waals surface area contributed by atoms with Gasteiger partial charge in [0.05, 0.1) is 34.8 Å². The molecular weight excluding hydrogens is 270 g/mol. The highest BCUT2D eigenvalue weighted by Gasteiger charge is 2.19. The first-order valence-corrected chi connectivity index (χ1v) is 6.15. The minimum absolute atomic E-state index is 0.0231. The molecule has 0 saturated carbocycles. The zero-order valence-corrected chi connectivity index (χ0v) is 11.1. The van der Waals surface area contributed by atoms with Crippen LogP contribution in [0.15, 0.2) is 42.9 Å². The fraction of sp³-hybridized carbons (Fsp3) is 0.0714. The van der Waals surface area contributed by atoms with Gasteiger partial charge in [0, 0.05) is 5.56 Å². The maximum Gasteiger partial charge on any atom is 0.282 e. The van der Waals surface area contributed by atoms with Gasteiger partial charge in [-0.2, -0.15) is 15.0 Å². The number of nitro groups is 1. The summed E-state index contributed by atoms with van der Waals surface area (Å²) in [6.45, 7) is 1.66. The molecule has 0 aliphatic rings. The van der Waals surface area contributed by atoms with Gasteiger partial charge in [0.2, 0.25) is 0 Å². The second-order valence-electron chi connectivity index (χ2n) is 4.34. The Morgan fingerprint density at radius 1 is 1.24 bits per heavy atom. The van der Waals surface area contributed by atoms with E-state index >= 15 is 0 Å². The van der Waals surface area contributed by atoms with Gasteiger partial charge in [-0.3, -0.25) is 15.1 Å². The second-order valence-corrected chi connectivity index (χ2v) is 4.34. The van der Waals surface area contributed by atoms with Gasteiger partial charge < -0.3 is 0 Å². The molecule has 0 atom stereocenters. The van der Waals surface area contributed by atoms with Crippen LogP contribution < -0.4 is 0 Å². The summed E-state index contributed by atoms with van der Waals surface area (Å²) in [4.78, 5) is 16.5. The van der Waals surface area contributed by atoms with Crippen LogP contribution in [0.1, 0.15) is 5.56 Å². The van der Waals surface area contributed by atoms with Crippen LogP contribution in [0.2, 0.25) is 0 Å². The number of hydrogen-bond donors (Lipinski definition) is 0. The van der Waals surface area contributed by atoms with E-state index in [0.29, 0.717) is 22.5 Å². The van der Waals surface area contributed by atoms with E-state index in [9.17, 15) is 10.1 Å². The summed E-state index contributed by atoms with van der Waals surface area (Å²) < 4.78 is 0. The molecule has 1 aromatic carbocycles. The number of aromatic nitrogens is 4. The molecule has 0 saturated heterocycles. The number of benzene rings is 1. The van der Waals surface area contributed by atoms with Crippen LogP contribution in [0, 0.1) is 23.1 Å². The summed E-state index contributed by atoms with van der Waals surface area (Å²) in [6, 6.07) is 9.60. The molecule has 0 bridgehead atoms. The minimum atomic E-state index is -0.411. The largest absolute Gasteiger partial charge is 0.282 e. The minimum Gasteiger partial charge on any atom is -0.258 e. The Kier molecular flexibility index (Phi) is 3.15. The van der Waals surface area contributed by atoms with Crippen molar-refractivity contribution in [3.63, 3.8) is 0 Å². The molecule has 0 spiro atoms. The Hall–Kier alpha value is -3.09. The summed E-state index contributed by atoms with van der Waals surface area (Å²) >= 11 is 0. The molecule has 2 aromatic heterocycles. The van der Waals surface area contributed by atoms with Gasteiger partial charge in [-0.15, -0.1) is 0 Å². The third-order valence-corrected chi connectivity index (χ3v) is 3.02. The lowest BCUT2D eigenvalue weighted by Crippen LogP contribution is -2.00. The van der Waals surface area contributed by atoms with Gasteiger partial charge in [-0.1, -0.05) is 6.07 Å². The number of hydrogen-bond acceptors (Lipinski definition) is 5. The van der Waals surface area contributed by atoms with Crippen molar-refractivity contribution in [2.45, 2.75) is 6.92 Å². The second kappa shape index (κ2) is 5.12. The molecule has 21 heavy (non-hydrogen) atoms. The van der Waals surface area contributed by atoms with E-state index in [2.05, 4.69) is 21.2 Å². The van der Waals surface area contributed by atoms with Gasteiger partial charge in [0.25, 0.3) is 5.69 Å². The van der Waals surface area contributed by atoms with E-state index in [1.165, 1.54) is 4.80 Å². The molecule has 1 radical (unpaired) electrons. The summed E-state index contributed by atoms with van der Waals surface area (Å²) in [5.74, 6) is 0. The van der Waals surface area contributed by atoms with Crippen LogP contribution in [-0.4, -0.2) is 24.9 Å². The van der Waals surface area contributed by atoms with Gasteiger partial charge in [0.1, 0.15) is 5.69 Å². The lowest BCUT2D eigenvalue weighted by molar-refractivity contribution is -0.384. The van der Waals surface area contributed by atoms with Gasteiger partial charge in [0.15, 0.2) is 0 Å². The Balaban J connectivity index is 2.06. The summed E-state index contributed by atoms with van der Waals surface area (Å²) in [5.41, 5.74) is 2.18. The SMILES string of the molecule is Cc1[c]ccc(-c2ccc(-n3nccn3)cn2)c1[N+](=O)[O-]. The molecule has 7 nitrogen and oxygen atoms in total. The summed E-state index contributed by atoms with van der Waals surface area (Å²) in [7, 11) is 0. The fourth-order valence-corrected chi connectivity index (χ4v) is 2.05. The van der Waals surface area contributed by atoms with Crippen molar-refractivity contribution in [2.75, 3.05) is 0 Å². The van der Waals surface area contributed by atoms with Gasteiger partial charge in [-0.25, -0.2) is 0 Å². The Bertz CT molecular complexity index is 782. The maximum absolute atomic E-state index is 11.2. The van der Waals surface area contributed by atoms with Crippen LogP contribution >= 0.6 is 0 Å². The number of rotatable bonds is 3. The average Bonchev–Trinajstić information content (AvgIpc) is 3.01. The molecule has 0 unspecified atom stereocenters. The van der Waals surface area contributed by atoms with E-state index in [-0.39, 0.29) is 5.69 Å². The molecule has 2 heterocycles. The monoisotopic (exact) mass is 280 g/mol. The molecule has 3 aromatic rings. The molecule has 0 fully saturated rings. The first-order chi connectivity index (χ1) is 10.2. The van der Waals surface area contributed by atoms with Crippen LogP contribution in [0.5, 0.6) is 0 Å². The van der Waals surface area contributed by atoms with E-state index < -0.39 is 4.92 Å². The van der Waals surface area contributed by atoms with Gasteiger partial charge in [-0.05, 0) is 31.2 Å². The number of nitrogens with zero attached hydrogens (tertiary/aromatic N) is 5. The van der Waals surface area contributed by atoms with Crippen molar-refractivity contribution < 1.29 is 4.92 Å². The topological polar surface area (TPSA) is 86.7 Å². The van der Waals surface area contributed by atoms with Crippen molar-refractivity contribution in [1.29, 1.82) is 0 Å². The molecular formula is C14H10N5O2. The first kappa shape index (κ1) is 12.9. The molecule has 3 rings (SSSR count). The quantitative estimate of drug-likeness (QED) is 0.543. The van der Waals surface area contributed by atoms with Gasteiger partial charge >= 0.3 is 0 Å².